The number of likely N-dealkylation sites (tertiary alicyclic amines) is 1. The number of ether oxygens (including phenoxy) is 1. The van der Waals surface area contributed by atoms with Crippen LogP contribution in [0.5, 0.6) is 0 Å². The fourth-order valence-corrected chi connectivity index (χ4v) is 2.43. The van der Waals surface area contributed by atoms with Crippen LogP contribution < -0.4 is 0 Å². The van der Waals surface area contributed by atoms with Crippen LogP contribution in [0.4, 0.5) is 0 Å². The lowest BCUT2D eigenvalue weighted by Crippen LogP contribution is -2.43. The molecule has 2 nitrogen and oxygen atoms in total. The van der Waals surface area contributed by atoms with Crippen LogP contribution in [-0.4, -0.2) is 36.7 Å². The first-order chi connectivity index (χ1) is 5.95. The largest absolute Gasteiger partial charge is 0.384 e. The van der Waals surface area contributed by atoms with E-state index in [4.69, 9.17) is 4.74 Å². The minimum atomic E-state index is 0.307. The van der Waals surface area contributed by atoms with Crippen LogP contribution in [0.1, 0.15) is 34.1 Å². The highest BCUT2D eigenvalue weighted by molar-refractivity contribution is 4.89. The summed E-state index contributed by atoms with van der Waals surface area (Å²) in [5.74, 6) is 0.735. The topological polar surface area (TPSA) is 12.5 Å². The number of rotatable bonds is 2. The molecule has 1 saturated heterocycles. The van der Waals surface area contributed by atoms with Gasteiger partial charge in [0, 0.05) is 25.2 Å². The van der Waals surface area contributed by atoms with E-state index < -0.39 is 0 Å². The summed E-state index contributed by atoms with van der Waals surface area (Å²) in [7, 11) is 1.80. The molecule has 0 saturated carbocycles. The van der Waals surface area contributed by atoms with Gasteiger partial charge in [-0.15, -0.1) is 0 Å². The van der Waals surface area contributed by atoms with Crippen LogP contribution in [-0.2, 0) is 4.74 Å². The predicted molar refractivity (Wildman–Crippen MR) is 55.9 cm³/mol. The molecular formula is C11H23NO. The van der Waals surface area contributed by atoms with Crippen molar-refractivity contribution in [2.45, 2.75) is 45.7 Å². The molecule has 1 aliphatic heterocycles. The molecule has 0 aromatic heterocycles. The number of hydrogen-bond donors (Lipinski definition) is 0. The highest BCUT2D eigenvalue weighted by atomic mass is 16.5. The Hall–Kier alpha value is -0.0800. The molecule has 2 heteroatoms. The Morgan fingerprint density at radius 3 is 2.38 bits per heavy atom. The molecule has 78 valence electrons. The van der Waals surface area contributed by atoms with E-state index in [0.29, 0.717) is 11.6 Å². The third-order valence-electron chi connectivity index (χ3n) is 2.93. The fourth-order valence-electron chi connectivity index (χ4n) is 2.43. The van der Waals surface area contributed by atoms with Gasteiger partial charge in [0.2, 0.25) is 0 Å². The van der Waals surface area contributed by atoms with Crippen molar-refractivity contribution in [3.8, 4) is 0 Å². The molecule has 1 heterocycles. The van der Waals surface area contributed by atoms with E-state index in [1.807, 2.05) is 0 Å². The smallest absolute Gasteiger partial charge is 0.0503 e. The summed E-state index contributed by atoms with van der Waals surface area (Å²) in [5.41, 5.74) is 0.307. The first-order valence-electron chi connectivity index (χ1n) is 5.21. The van der Waals surface area contributed by atoms with Gasteiger partial charge in [0.1, 0.15) is 0 Å². The van der Waals surface area contributed by atoms with Crippen molar-refractivity contribution in [1.82, 2.24) is 4.90 Å². The maximum atomic E-state index is 5.21. The van der Waals surface area contributed by atoms with Gasteiger partial charge in [-0.3, -0.25) is 4.90 Å². The number of nitrogens with zero attached hydrogens (tertiary/aromatic N) is 1. The Balaban J connectivity index is 2.51. The molecule has 0 unspecified atom stereocenters. The first kappa shape index (κ1) is 11.0. The van der Waals surface area contributed by atoms with E-state index >= 15 is 0 Å². The molecule has 0 aliphatic carbocycles. The lowest BCUT2D eigenvalue weighted by molar-refractivity contribution is 0.113. The molecule has 13 heavy (non-hydrogen) atoms. The van der Waals surface area contributed by atoms with Crippen molar-refractivity contribution in [3.63, 3.8) is 0 Å². The summed E-state index contributed by atoms with van der Waals surface area (Å²) in [6.07, 6.45) is 1.28. The van der Waals surface area contributed by atoms with Gasteiger partial charge in [0.05, 0.1) is 6.61 Å². The molecule has 0 amide bonds. The van der Waals surface area contributed by atoms with Gasteiger partial charge in [0.15, 0.2) is 0 Å². The SMILES string of the molecule is COC[C@H]1C[C@H](C)N(C(C)(C)C)C1. The fraction of sp³-hybridized carbons (Fsp3) is 1.00. The van der Waals surface area contributed by atoms with Gasteiger partial charge in [0.25, 0.3) is 0 Å². The summed E-state index contributed by atoms with van der Waals surface area (Å²) in [6.45, 7) is 11.3. The second-order valence-electron chi connectivity index (χ2n) is 5.23. The molecule has 1 aliphatic rings. The van der Waals surface area contributed by atoms with Crippen LogP contribution in [0.2, 0.25) is 0 Å². The van der Waals surface area contributed by atoms with E-state index in [0.717, 1.165) is 12.5 Å². The summed E-state index contributed by atoms with van der Waals surface area (Å²) in [5, 5.41) is 0. The van der Waals surface area contributed by atoms with Gasteiger partial charge in [-0.2, -0.15) is 0 Å². The van der Waals surface area contributed by atoms with Crippen LogP contribution in [0, 0.1) is 5.92 Å². The highest BCUT2D eigenvalue weighted by Gasteiger charge is 2.35. The Morgan fingerprint density at radius 2 is 2.00 bits per heavy atom. The number of hydrogen-bond acceptors (Lipinski definition) is 2. The van der Waals surface area contributed by atoms with Crippen LogP contribution in [0.25, 0.3) is 0 Å². The molecule has 0 bridgehead atoms. The monoisotopic (exact) mass is 185 g/mol. The third-order valence-corrected chi connectivity index (χ3v) is 2.93. The zero-order valence-corrected chi connectivity index (χ0v) is 9.63. The van der Waals surface area contributed by atoms with Crippen molar-refractivity contribution in [3.05, 3.63) is 0 Å². The minimum Gasteiger partial charge on any atom is -0.384 e. The zero-order chi connectivity index (χ0) is 10.1. The first-order valence-corrected chi connectivity index (χ1v) is 5.21. The molecule has 0 spiro atoms. The highest BCUT2D eigenvalue weighted by Crippen LogP contribution is 2.29. The average molecular weight is 185 g/mol. The normalized spacial score (nSPS) is 31.2. The Bertz CT molecular complexity index is 162. The minimum absolute atomic E-state index is 0.307. The average Bonchev–Trinajstić information content (AvgIpc) is 2.30. The molecule has 1 fully saturated rings. The van der Waals surface area contributed by atoms with Crippen LogP contribution >= 0.6 is 0 Å². The molecule has 2 atom stereocenters. The van der Waals surface area contributed by atoms with Gasteiger partial charge in [-0.25, -0.2) is 0 Å². The van der Waals surface area contributed by atoms with Gasteiger partial charge >= 0.3 is 0 Å². The maximum absolute atomic E-state index is 5.21. The van der Waals surface area contributed by atoms with Crippen LogP contribution in [0.15, 0.2) is 0 Å². The summed E-state index contributed by atoms with van der Waals surface area (Å²) in [6, 6.07) is 0.708. The predicted octanol–water partition coefficient (Wildman–Crippen LogP) is 2.14. The lowest BCUT2D eigenvalue weighted by atomic mass is 10.1. The molecule has 0 radical (unpaired) electrons. The van der Waals surface area contributed by atoms with E-state index in [-0.39, 0.29) is 0 Å². The van der Waals surface area contributed by atoms with Gasteiger partial charge < -0.3 is 4.74 Å². The third kappa shape index (κ3) is 2.68. The lowest BCUT2D eigenvalue weighted by Gasteiger charge is -2.35. The molecular weight excluding hydrogens is 162 g/mol. The quantitative estimate of drug-likeness (QED) is 0.653. The van der Waals surface area contributed by atoms with Gasteiger partial charge in [-0.1, -0.05) is 0 Å². The maximum Gasteiger partial charge on any atom is 0.0503 e. The van der Waals surface area contributed by atoms with E-state index in [1.165, 1.54) is 13.0 Å². The standard InChI is InChI=1S/C11H23NO/c1-9-6-10(8-13-5)7-12(9)11(2,3)4/h9-10H,6-8H2,1-5H3/t9-,10-/m0/s1. The second-order valence-corrected chi connectivity index (χ2v) is 5.23. The van der Waals surface area contributed by atoms with Crippen molar-refractivity contribution >= 4 is 0 Å². The summed E-state index contributed by atoms with van der Waals surface area (Å²) in [4.78, 5) is 2.58. The van der Waals surface area contributed by atoms with Gasteiger partial charge in [-0.05, 0) is 40.0 Å². The molecule has 0 aromatic rings. The summed E-state index contributed by atoms with van der Waals surface area (Å²) >= 11 is 0. The Morgan fingerprint density at radius 1 is 1.38 bits per heavy atom. The Kier molecular flexibility index (Phi) is 3.36. The van der Waals surface area contributed by atoms with Crippen molar-refractivity contribution in [2.75, 3.05) is 20.3 Å². The molecule has 0 aromatic carbocycles. The Labute approximate surface area is 82.3 Å². The molecule has 1 rings (SSSR count). The van der Waals surface area contributed by atoms with Crippen molar-refractivity contribution in [1.29, 1.82) is 0 Å². The van der Waals surface area contributed by atoms with Crippen molar-refractivity contribution < 1.29 is 4.74 Å². The second kappa shape index (κ2) is 3.97. The van der Waals surface area contributed by atoms with E-state index in [1.54, 1.807) is 7.11 Å². The van der Waals surface area contributed by atoms with Crippen LogP contribution in [0.3, 0.4) is 0 Å². The van der Waals surface area contributed by atoms with E-state index in [9.17, 15) is 0 Å². The summed E-state index contributed by atoms with van der Waals surface area (Å²) < 4.78 is 5.21. The van der Waals surface area contributed by atoms with E-state index in [2.05, 4.69) is 32.6 Å². The number of methoxy groups -OCH3 is 1. The zero-order valence-electron chi connectivity index (χ0n) is 9.63. The molecule has 0 N–H and O–H groups in total. The van der Waals surface area contributed by atoms with Crippen molar-refractivity contribution in [2.24, 2.45) is 5.92 Å².